The first-order valence-electron chi connectivity index (χ1n) is 11.8. The number of β-amino-alcohol motifs (C(OH)–C–C–N with tert-alkyl or cyclic N) is 1. The molecule has 11 heteroatoms. The van der Waals surface area contributed by atoms with Gasteiger partial charge in [-0.2, -0.15) is 4.31 Å². The molecule has 2 saturated heterocycles. The number of hydrogen-bond acceptors (Lipinski definition) is 7. The van der Waals surface area contributed by atoms with Gasteiger partial charge in [0.2, 0.25) is 10.0 Å². The molecule has 0 spiro atoms. The van der Waals surface area contributed by atoms with Crippen molar-refractivity contribution >= 4 is 27.6 Å². The molecule has 9 nitrogen and oxygen atoms in total. The van der Waals surface area contributed by atoms with Gasteiger partial charge >= 0.3 is 5.97 Å². The Morgan fingerprint density at radius 3 is 2.33 bits per heavy atom. The topological polar surface area (TPSA) is 107 Å². The summed E-state index contributed by atoms with van der Waals surface area (Å²) in [5, 5.41) is 10.1. The number of esters is 1. The number of piperazine rings is 1. The Kier molecular flexibility index (Phi) is 7.62. The van der Waals surface area contributed by atoms with E-state index in [-0.39, 0.29) is 29.6 Å². The first kappa shape index (κ1) is 26.1. The molecule has 0 saturated carbocycles. The van der Waals surface area contributed by atoms with Crippen molar-refractivity contribution in [2.45, 2.75) is 37.3 Å². The van der Waals surface area contributed by atoms with Crippen LogP contribution in [0.4, 0.5) is 10.1 Å². The molecule has 2 aliphatic heterocycles. The summed E-state index contributed by atoms with van der Waals surface area (Å²) >= 11 is 0. The molecular formula is C25H30FN3O6S. The molecule has 2 fully saturated rings. The monoisotopic (exact) mass is 519 g/mol. The quantitative estimate of drug-likeness (QED) is 0.576. The number of amides is 1. The van der Waals surface area contributed by atoms with E-state index in [4.69, 9.17) is 4.74 Å². The Morgan fingerprint density at radius 1 is 1.03 bits per heavy atom. The third-order valence-electron chi connectivity index (χ3n) is 6.75. The highest BCUT2D eigenvalue weighted by Gasteiger charge is 2.44. The maximum absolute atomic E-state index is 13.2. The van der Waals surface area contributed by atoms with Gasteiger partial charge in [-0.15, -0.1) is 0 Å². The van der Waals surface area contributed by atoms with E-state index in [1.54, 1.807) is 30.0 Å². The lowest BCUT2D eigenvalue weighted by molar-refractivity contribution is -0.154. The highest BCUT2D eigenvalue weighted by atomic mass is 32.2. The Balaban J connectivity index is 1.34. The van der Waals surface area contributed by atoms with Gasteiger partial charge in [-0.25, -0.2) is 12.8 Å². The zero-order valence-electron chi connectivity index (χ0n) is 20.3. The minimum atomic E-state index is -4.05. The number of benzene rings is 2. The van der Waals surface area contributed by atoms with E-state index in [1.165, 1.54) is 24.3 Å². The van der Waals surface area contributed by atoms with Gasteiger partial charge in [0.25, 0.3) is 5.91 Å². The second-order valence-electron chi connectivity index (χ2n) is 9.18. The van der Waals surface area contributed by atoms with Crippen molar-refractivity contribution in [2.75, 3.05) is 44.2 Å². The van der Waals surface area contributed by atoms with Gasteiger partial charge < -0.3 is 19.6 Å². The average molecular weight is 520 g/mol. The van der Waals surface area contributed by atoms with Gasteiger partial charge in [-0.1, -0.05) is 6.07 Å². The molecule has 194 valence electrons. The number of aryl methyl sites for hydroxylation is 2. The average Bonchev–Trinajstić information content (AvgIpc) is 3.27. The van der Waals surface area contributed by atoms with Crippen LogP contribution in [0.3, 0.4) is 0 Å². The number of hydrogen-bond donors (Lipinski definition) is 1. The Labute approximate surface area is 210 Å². The van der Waals surface area contributed by atoms with E-state index in [0.29, 0.717) is 26.2 Å². The molecule has 2 heterocycles. The molecular weight excluding hydrogens is 489 g/mol. The number of carbonyl (C=O) groups excluding carboxylic acids is 2. The van der Waals surface area contributed by atoms with Crippen molar-refractivity contribution in [1.82, 2.24) is 9.21 Å². The molecule has 0 aromatic heterocycles. The van der Waals surface area contributed by atoms with Crippen LogP contribution in [0.2, 0.25) is 0 Å². The number of rotatable bonds is 6. The van der Waals surface area contributed by atoms with E-state index in [0.717, 1.165) is 21.1 Å². The minimum absolute atomic E-state index is 0.0348. The van der Waals surface area contributed by atoms with Crippen molar-refractivity contribution in [3.8, 4) is 0 Å². The Hall–Kier alpha value is -3.02. The van der Waals surface area contributed by atoms with Crippen LogP contribution in [0.25, 0.3) is 0 Å². The highest BCUT2D eigenvalue weighted by molar-refractivity contribution is 7.89. The van der Waals surface area contributed by atoms with Crippen LogP contribution < -0.4 is 4.90 Å². The molecule has 0 radical (unpaired) electrons. The summed E-state index contributed by atoms with van der Waals surface area (Å²) in [6, 6.07) is 9.62. The smallest absolute Gasteiger partial charge is 0.325 e. The molecule has 1 N–H and O–H groups in total. The predicted octanol–water partition coefficient (Wildman–Crippen LogP) is 1.46. The van der Waals surface area contributed by atoms with Crippen molar-refractivity contribution < 1.29 is 32.2 Å². The molecule has 36 heavy (non-hydrogen) atoms. The van der Waals surface area contributed by atoms with Gasteiger partial charge in [0.1, 0.15) is 11.9 Å². The van der Waals surface area contributed by atoms with Gasteiger partial charge in [0.05, 0.1) is 11.0 Å². The van der Waals surface area contributed by atoms with Crippen LogP contribution in [0, 0.1) is 19.7 Å². The molecule has 2 atom stereocenters. The number of anilines is 1. The number of aliphatic hydroxyl groups excluding tert-OH is 1. The summed E-state index contributed by atoms with van der Waals surface area (Å²) in [6.45, 7) is 4.82. The third-order valence-corrected chi connectivity index (χ3v) is 8.62. The molecule has 0 aliphatic carbocycles. The molecule has 2 aromatic carbocycles. The second-order valence-corrected chi connectivity index (χ2v) is 11.1. The Morgan fingerprint density at radius 2 is 1.69 bits per heavy atom. The van der Waals surface area contributed by atoms with Crippen molar-refractivity contribution in [2.24, 2.45) is 0 Å². The zero-order chi connectivity index (χ0) is 26.0. The predicted molar refractivity (Wildman–Crippen MR) is 130 cm³/mol. The zero-order valence-corrected chi connectivity index (χ0v) is 21.1. The lowest BCUT2D eigenvalue weighted by atomic mass is 10.1. The summed E-state index contributed by atoms with van der Waals surface area (Å²) in [6.07, 6.45) is -1.12. The highest BCUT2D eigenvalue weighted by Crippen LogP contribution is 2.28. The largest absolute Gasteiger partial charge is 0.454 e. The van der Waals surface area contributed by atoms with E-state index in [1.807, 2.05) is 11.8 Å². The molecule has 1 amide bonds. The second kappa shape index (κ2) is 10.5. The minimum Gasteiger partial charge on any atom is -0.454 e. The lowest BCUT2D eigenvalue weighted by Crippen LogP contribution is -2.50. The van der Waals surface area contributed by atoms with Crippen LogP contribution in [-0.4, -0.2) is 86.1 Å². The fourth-order valence-electron chi connectivity index (χ4n) is 4.46. The van der Waals surface area contributed by atoms with Crippen LogP contribution in [0.15, 0.2) is 47.4 Å². The normalized spacial score (nSPS) is 21.0. The van der Waals surface area contributed by atoms with Crippen molar-refractivity contribution in [3.63, 3.8) is 0 Å². The van der Waals surface area contributed by atoms with E-state index >= 15 is 0 Å². The van der Waals surface area contributed by atoms with E-state index < -0.39 is 34.7 Å². The summed E-state index contributed by atoms with van der Waals surface area (Å²) in [5.74, 6) is -1.56. The van der Waals surface area contributed by atoms with Crippen LogP contribution >= 0.6 is 0 Å². The molecule has 2 aromatic rings. The summed E-state index contributed by atoms with van der Waals surface area (Å²) < 4.78 is 45.8. The number of halogens is 1. The summed E-state index contributed by atoms with van der Waals surface area (Å²) in [4.78, 5) is 29.1. The number of ether oxygens (including phenoxy) is 1. The first-order valence-corrected chi connectivity index (χ1v) is 13.2. The maximum atomic E-state index is 13.2. The van der Waals surface area contributed by atoms with Gasteiger partial charge in [0, 0.05) is 44.8 Å². The fourth-order valence-corrected chi connectivity index (χ4v) is 6.17. The van der Waals surface area contributed by atoms with Gasteiger partial charge in [-0.05, 0) is 61.4 Å². The third kappa shape index (κ3) is 5.53. The van der Waals surface area contributed by atoms with Crippen molar-refractivity contribution in [3.05, 3.63) is 59.4 Å². The van der Waals surface area contributed by atoms with E-state index in [9.17, 15) is 27.5 Å². The van der Waals surface area contributed by atoms with Crippen molar-refractivity contribution in [1.29, 1.82) is 0 Å². The standard InChI is InChI=1S/C25H30FN3O6S/c1-17-3-8-22(13-18(17)2)36(33,34)29-15-21(30)14-23(29)25(32)35-16-24(31)28-11-9-27(10-12-28)20-6-4-19(26)5-7-20/h3-8,13,21,23,30H,9-12,14-16H2,1-2H3/t21-,23+/m0/s1. The number of aliphatic hydroxyl groups is 1. The van der Waals surface area contributed by atoms with E-state index in [2.05, 4.69) is 0 Å². The molecule has 2 aliphatic rings. The number of sulfonamides is 1. The first-order chi connectivity index (χ1) is 17.1. The van der Waals surface area contributed by atoms with Gasteiger partial charge in [-0.3, -0.25) is 9.59 Å². The van der Waals surface area contributed by atoms with Crippen LogP contribution in [-0.2, 0) is 24.3 Å². The molecule has 0 bridgehead atoms. The molecule has 4 rings (SSSR count). The fraction of sp³-hybridized carbons (Fsp3) is 0.440. The lowest BCUT2D eigenvalue weighted by Gasteiger charge is -2.36. The SMILES string of the molecule is Cc1ccc(S(=O)(=O)N2C[C@@H](O)C[C@@H]2C(=O)OCC(=O)N2CCN(c3ccc(F)cc3)CC2)cc1C. The van der Waals surface area contributed by atoms with Gasteiger partial charge in [0.15, 0.2) is 6.61 Å². The maximum Gasteiger partial charge on any atom is 0.325 e. The summed E-state index contributed by atoms with van der Waals surface area (Å²) in [7, 11) is -4.05. The Bertz CT molecular complexity index is 1230. The summed E-state index contributed by atoms with van der Waals surface area (Å²) in [5.41, 5.74) is 2.59. The number of nitrogens with zero attached hydrogens (tertiary/aromatic N) is 3. The van der Waals surface area contributed by atoms with Crippen LogP contribution in [0.1, 0.15) is 17.5 Å². The number of carbonyl (C=O) groups is 2. The molecule has 0 unspecified atom stereocenters. The van der Waals surface area contributed by atoms with Crippen LogP contribution in [0.5, 0.6) is 0 Å².